The molecule has 1 rings (SSSR count). The van der Waals surface area contributed by atoms with Crippen molar-refractivity contribution in [2.75, 3.05) is 19.8 Å². The first-order chi connectivity index (χ1) is 6.84. The average Bonchev–Trinajstić information content (AvgIpc) is 2.15. The molecule has 1 unspecified atom stereocenters. The minimum atomic E-state index is -0.784. The zero-order valence-corrected chi connectivity index (χ0v) is 10.0. The lowest BCUT2D eigenvalue weighted by Crippen LogP contribution is -2.65. The SMILES string of the molecule is CCC(C)(C(=O)O)N1CCOCC1(C)C. The Balaban J connectivity index is 2.96. The normalized spacial score (nSPS) is 25.9. The highest BCUT2D eigenvalue weighted by Crippen LogP contribution is 2.30. The Morgan fingerprint density at radius 1 is 1.60 bits per heavy atom. The molecule has 1 N–H and O–H groups in total. The fraction of sp³-hybridized carbons (Fsp3) is 0.909. The third-order valence-corrected chi connectivity index (χ3v) is 3.39. The molecule has 0 bridgehead atoms. The van der Waals surface area contributed by atoms with Crippen LogP contribution in [0.4, 0.5) is 0 Å². The molecule has 0 saturated carbocycles. The molecule has 0 aromatic carbocycles. The van der Waals surface area contributed by atoms with Gasteiger partial charge in [0.2, 0.25) is 0 Å². The second kappa shape index (κ2) is 4.10. The number of morpholine rings is 1. The van der Waals surface area contributed by atoms with Gasteiger partial charge in [-0.3, -0.25) is 9.69 Å². The van der Waals surface area contributed by atoms with E-state index in [0.29, 0.717) is 26.2 Å². The molecule has 0 radical (unpaired) electrons. The maximum Gasteiger partial charge on any atom is 0.323 e. The van der Waals surface area contributed by atoms with Gasteiger partial charge in [0.25, 0.3) is 0 Å². The molecule has 1 atom stereocenters. The number of hydrogen-bond acceptors (Lipinski definition) is 3. The van der Waals surface area contributed by atoms with Gasteiger partial charge < -0.3 is 9.84 Å². The van der Waals surface area contributed by atoms with Crippen LogP contribution in [0.3, 0.4) is 0 Å². The topological polar surface area (TPSA) is 49.8 Å². The second-order valence-corrected chi connectivity index (χ2v) is 4.95. The number of hydrogen-bond donors (Lipinski definition) is 1. The summed E-state index contributed by atoms with van der Waals surface area (Å²) in [4.78, 5) is 13.4. The fourth-order valence-corrected chi connectivity index (χ4v) is 2.23. The molecule has 4 nitrogen and oxygen atoms in total. The predicted octanol–water partition coefficient (Wildman–Crippen LogP) is 1.35. The summed E-state index contributed by atoms with van der Waals surface area (Å²) in [6.07, 6.45) is 0.603. The van der Waals surface area contributed by atoms with Gasteiger partial charge >= 0.3 is 5.97 Å². The Hall–Kier alpha value is -0.610. The molecule has 15 heavy (non-hydrogen) atoms. The summed E-state index contributed by atoms with van der Waals surface area (Å²) in [6.45, 7) is 9.67. The van der Waals surface area contributed by atoms with Crippen LogP contribution >= 0.6 is 0 Å². The molecule has 1 heterocycles. The molecule has 1 fully saturated rings. The molecule has 88 valence electrons. The van der Waals surface area contributed by atoms with Gasteiger partial charge in [0.1, 0.15) is 5.54 Å². The van der Waals surface area contributed by atoms with Crippen LogP contribution < -0.4 is 0 Å². The van der Waals surface area contributed by atoms with Crippen LogP contribution in [0.1, 0.15) is 34.1 Å². The van der Waals surface area contributed by atoms with E-state index in [0.717, 1.165) is 0 Å². The molecular formula is C11H21NO3. The summed E-state index contributed by atoms with van der Waals surface area (Å²) >= 11 is 0. The van der Waals surface area contributed by atoms with Crippen molar-refractivity contribution in [3.63, 3.8) is 0 Å². The molecule has 0 aromatic heterocycles. The van der Waals surface area contributed by atoms with Gasteiger partial charge in [-0.05, 0) is 27.2 Å². The number of carboxylic acid groups (broad SMARTS) is 1. The number of ether oxygens (including phenoxy) is 1. The van der Waals surface area contributed by atoms with E-state index >= 15 is 0 Å². The van der Waals surface area contributed by atoms with E-state index in [1.807, 2.05) is 25.7 Å². The molecule has 0 spiro atoms. The first-order valence-electron chi connectivity index (χ1n) is 5.43. The molecule has 1 saturated heterocycles. The minimum Gasteiger partial charge on any atom is -0.480 e. The zero-order chi connectivity index (χ0) is 11.7. The standard InChI is InChI=1S/C11H21NO3/c1-5-11(4,9(13)14)12-6-7-15-8-10(12,2)3/h5-8H2,1-4H3,(H,13,14). The van der Waals surface area contributed by atoms with Gasteiger partial charge in [-0.15, -0.1) is 0 Å². The average molecular weight is 215 g/mol. The van der Waals surface area contributed by atoms with Crippen molar-refractivity contribution < 1.29 is 14.6 Å². The summed E-state index contributed by atoms with van der Waals surface area (Å²) in [5, 5.41) is 9.33. The number of aliphatic carboxylic acids is 1. The third kappa shape index (κ3) is 2.16. The van der Waals surface area contributed by atoms with Crippen LogP contribution in [-0.4, -0.2) is 46.8 Å². The number of carbonyl (C=O) groups is 1. The Bertz CT molecular complexity index is 252. The van der Waals surface area contributed by atoms with Gasteiger partial charge in [-0.25, -0.2) is 0 Å². The van der Waals surface area contributed by atoms with Crippen molar-refractivity contribution in [3.05, 3.63) is 0 Å². The number of carboxylic acids is 1. The summed E-state index contributed by atoms with van der Waals surface area (Å²) < 4.78 is 5.40. The van der Waals surface area contributed by atoms with Crippen LogP contribution in [0.15, 0.2) is 0 Å². The third-order valence-electron chi connectivity index (χ3n) is 3.39. The monoisotopic (exact) mass is 215 g/mol. The molecule has 1 aliphatic rings. The summed E-state index contributed by atoms with van der Waals surface area (Å²) in [6, 6.07) is 0. The smallest absolute Gasteiger partial charge is 0.323 e. The van der Waals surface area contributed by atoms with E-state index in [1.165, 1.54) is 0 Å². The lowest BCUT2D eigenvalue weighted by atomic mass is 9.89. The molecule has 0 amide bonds. The lowest BCUT2D eigenvalue weighted by molar-refractivity contribution is -0.165. The highest BCUT2D eigenvalue weighted by atomic mass is 16.5. The summed E-state index contributed by atoms with van der Waals surface area (Å²) in [5.41, 5.74) is -0.991. The van der Waals surface area contributed by atoms with Crippen LogP contribution in [0.25, 0.3) is 0 Å². The van der Waals surface area contributed by atoms with Crippen LogP contribution in [0.2, 0.25) is 0 Å². The van der Waals surface area contributed by atoms with Crippen molar-refractivity contribution >= 4 is 5.97 Å². The van der Waals surface area contributed by atoms with E-state index in [-0.39, 0.29) is 5.54 Å². The van der Waals surface area contributed by atoms with E-state index in [2.05, 4.69) is 0 Å². The van der Waals surface area contributed by atoms with Crippen molar-refractivity contribution in [1.29, 1.82) is 0 Å². The molecule has 1 aliphatic heterocycles. The first-order valence-corrected chi connectivity index (χ1v) is 5.43. The minimum absolute atomic E-state index is 0.207. The Morgan fingerprint density at radius 2 is 2.20 bits per heavy atom. The summed E-state index contributed by atoms with van der Waals surface area (Å²) in [5.74, 6) is -0.750. The lowest BCUT2D eigenvalue weighted by Gasteiger charge is -2.50. The maximum atomic E-state index is 11.4. The van der Waals surface area contributed by atoms with E-state index in [9.17, 15) is 9.90 Å². The highest BCUT2D eigenvalue weighted by Gasteiger charge is 2.46. The maximum absolute atomic E-state index is 11.4. The predicted molar refractivity (Wildman–Crippen MR) is 57.9 cm³/mol. The molecule has 0 aromatic rings. The van der Waals surface area contributed by atoms with Crippen molar-refractivity contribution in [2.24, 2.45) is 0 Å². The van der Waals surface area contributed by atoms with Crippen molar-refractivity contribution in [1.82, 2.24) is 4.90 Å². The van der Waals surface area contributed by atoms with Crippen molar-refractivity contribution in [3.8, 4) is 0 Å². The Labute approximate surface area is 91.2 Å². The van der Waals surface area contributed by atoms with Crippen LogP contribution in [0.5, 0.6) is 0 Å². The summed E-state index contributed by atoms with van der Waals surface area (Å²) in [7, 11) is 0. The highest BCUT2D eigenvalue weighted by molar-refractivity contribution is 5.78. The number of nitrogens with zero attached hydrogens (tertiary/aromatic N) is 1. The van der Waals surface area contributed by atoms with Crippen LogP contribution in [-0.2, 0) is 9.53 Å². The Kier molecular flexibility index (Phi) is 3.41. The van der Waals surface area contributed by atoms with Crippen LogP contribution in [0, 0.1) is 0 Å². The number of rotatable bonds is 3. The van der Waals surface area contributed by atoms with Gasteiger partial charge in [0.15, 0.2) is 0 Å². The molecular weight excluding hydrogens is 194 g/mol. The van der Waals surface area contributed by atoms with E-state index in [4.69, 9.17) is 4.74 Å². The van der Waals surface area contributed by atoms with E-state index in [1.54, 1.807) is 6.92 Å². The first kappa shape index (κ1) is 12.5. The second-order valence-electron chi connectivity index (χ2n) is 4.95. The fourth-order valence-electron chi connectivity index (χ4n) is 2.23. The van der Waals surface area contributed by atoms with Gasteiger partial charge in [-0.1, -0.05) is 6.92 Å². The van der Waals surface area contributed by atoms with E-state index < -0.39 is 11.5 Å². The molecule has 0 aliphatic carbocycles. The van der Waals surface area contributed by atoms with Gasteiger partial charge in [0.05, 0.1) is 13.2 Å². The largest absolute Gasteiger partial charge is 0.480 e. The Morgan fingerprint density at radius 3 is 2.60 bits per heavy atom. The van der Waals surface area contributed by atoms with Gasteiger partial charge in [-0.2, -0.15) is 0 Å². The van der Waals surface area contributed by atoms with Crippen molar-refractivity contribution in [2.45, 2.75) is 45.2 Å². The zero-order valence-electron chi connectivity index (χ0n) is 10.0. The molecule has 4 heteroatoms. The quantitative estimate of drug-likeness (QED) is 0.772. The van der Waals surface area contributed by atoms with Gasteiger partial charge in [0, 0.05) is 12.1 Å².